The molecule has 7 rings (SSSR count). The molecule has 0 aliphatic heterocycles. The average Bonchev–Trinajstić information content (AvgIpc) is 2.41. The Morgan fingerprint density at radius 1 is 0.941 bits per heavy atom. The number of rotatable bonds is 0. The van der Waals surface area contributed by atoms with E-state index in [0.717, 1.165) is 27.6 Å². The molecule has 0 N–H and O–H groups in total. The van der Waals surface area contributed by atoms with Crippen molar-refractivity contribution in [3.8, 4) is 0 Å². The maximum atomic E-state index is 2.77. The normalized spacial score (nSPS) is 94.4. The summed E-state index contributed by atoms with van der Waals surface area (Å²) in [5.74, 6) is 8.33. The van der Waals surface area contributed by atoms with Gasteiger partial charge in [0.25, 0.3) is 0 Å². The third kappa shape index (κ3) is 0.327. The topological polar surface area (TPSA) is 0 Å². The molecular formula is C17H22. The van der Waals surface area contributed by atoms with Gasteiger partial charge in [-0.25, -0.2) is 0 Å². The SMILES string of the molecule is CC1C2C3C4CC5CC6C7CC1(C)C72C3(C)C546. The van der Waals surface area contributed by atoms with Crippen LogP contribution in [-0.4, -0.2) is 0 Å². The summed E-state index contributed by atoms with van der Waals surface area (Å²) in [6, 6.07) is 0. The standard InChI is InChI=1S/C17H22/c1-7-12-13-10-5-8-4-9-11-6-14(7,2)17(11,12)15(13,3)16(8,9)10/h7-13H,4-6H2,1-3H3. The highest BCUT2D eigenvalue weighted by molar-refractivity contribution is 5.54. The lowest BCUT2D eigenvalue weighted by Gasteiger charge is -3.00. The van der Waals surface area contributed by atoms with Gasteiger partial charge in [-0.2, -0.15) is 0 Å². The molecule has 2 spiro atoms. The van der Waals surface area contributed by atoms with Crippen molar-refractivity contribution in [3.63, 3.8) is 0 Å². The lowest BCUT2D eigenvalue weighted by Crippen LogP contribution is -2.96. The molecule has 11 atom stereocenters. The molecule has 0 amide bonds. The third-order valence-electron chi connectivity index (χ3n) is 11.0. The van der Waals surface area contributed by atoms with E-state index in [4.69, 9.17) is 0 Å². The van der Waals surface area contributed by atoms with Crippen LogP contribution in [0, 0.1) is 63.1 Å². The second-order valence-electron chi connectivity index (χ2n) is 9.45. The minimum atomic E-state index is 0.796. The number of fused-ring (bicyclic) bond motifs is 3. The summed E-state index contributed by atoms with van der Waals surface area (Å²) in [5.41, 5.74) is 3.52. The van der Waals surface area contributed by atoms with Crippen LogP contribution >= 0.6 is 0 Å². The Bertz CT molecular complexity index is 532. The maximum Gasteiger partial charge on any atom is -0.0113 e. The van der Waals surface area contributed by atoms with E-state index in [-0.39, 0.29) is 0 Å². The molecule has 0 aromatic carbocycles. The zero-order valence-corrected chi connectivity index (χ0v) is 11.2. The first kappa shape index (κ1) is 8.23. The van der Waals surface area contributed by atoms with Crippen molar-refractivity contribution in [2.75, 3.05) is 0 Å². The molecule has 7 saturated carbocycles. The highest BCUT2D eigenvalue weighted by Crippen LogP contribution is 3.12. The molecule has 0 saturated heterocycles. The van der Waals surface area contributed by atoms with Crippen molar-refractivity contribution in [3.05, 3.63) is 0 Å². The predicted molar refractivity (Wildman–Crippen MR) is 65.0 cm³/mol. The third-order valence-corrected chi connectivity index (χ3v) is 11.0. The molecule has 7 aliphatic carbocycles. The molecule has 0 nitrogen and oxygen atoms in total. The Kier molecular flexibility index (Phi) is 0.756. The predicted octanol–water partition coefficient (Wildman–Crippen LogP) is 3.57. The number of hydrogen-bond acceptors (Lipinski definition) is 0. The Balaban J connectivity index is 1.58. The molecule has 0 aromatic heterocycles. The highest BCUT2D eigenvalue weighted by atomic mass is 15.1. The molecule has 0 aromatic rings. The number of hydrogen-bond donors (Lipinski definition) is 0. The first-order chi connectivity index (χ1) is 8.08. The smallest absolute Gasteiger partial charge is 0.0113 e. The molecule has 90 valence electrons. The van der Waals surface area contributed by atoms with Crippen LogP contribution in [0.4, 0.5) is 0 Å². The first-order valence-corrected chi connectivity index (χ1v) is 8.08. The fourth-order valence-corrected chi connectivity index (χ4v) is 11.3. The summed E-state index contributed by atoms with van der Waals surface area (Å²) < 4.78 is 0. The summed E-state index contributed by atoms with van der Waals surface area (Å²) in [6.45, 7) is 8.05. The molecule has 11 unspecified atom stereocenters. The molecule has 0 heterocycles. The molecule has 7 fully saturated rings. The molecule has 0 heteroatoms. The molecular weight excluding hydrogens is 204 g/mol. The largest absolute Gasteiger partial charge is 0.0617 e. The van der Waals surface area contributed by atoms with Gasteiger partial charge >= 0.3 is 0 Å². The van der Waals surface area contributed by atoms with E-state index in [2.05, 4.69) is 20.8 Å². The summed E-state index contributed by atoms with van der Waals surface area (Å²) in [5, 5.41) is 0. The van der Waals surface area contributed by atoms with Crippen LogP contribution in [0.1, 0.15) is 40.0 Å². The van der Waals surface area contributed by atoms with Gasteiger partial charge in [0, 0.05) is 0 Å². The fourth-order valence-electron chi connectivity index (χ4n) is 11.3. The summed E-state index contributed by atoms with van der Waals surface area (Å²) in [6.07, 6.45) is 4.93. The zero-order chi connectivity index (χ0) is 11.2. The van der Waals surface area contributed by atoms with Crippen molar-refractivity contribution in [2.24, 2.45) is 63.1 Å². The minimum absolute atomic E-state index is 0.796. The molecule has 17 heavy (non-hydrogen) atoms. The Morgan fingerprint density at radius 3 is 2.47 bits per heavy atom. The Morgan fingerprint density at radius 2 is 1.71 bits per heavy atom. The van der Waals surface area contributed by atoms with Gasteiger partial charge in [-0.3, -0.25) is 0 Å². The van der Waals surface area contributed by atoms with Crippen LogP contribution in [0.2, 0.25) is 0 Å². The molecule has 0 radical (unpaired) electrons. The Labute approximate surface area is 104 Å². The van der Waals surface area contributed by atoms with E-state index >= 15 is 0 Å². The summed E-state index contributed by atoms with van der Waals surface area (Å²) in [7, 11) is 0. The van der Waals surface area contributed by atoms with Crippen LogP contribution < -0.4 is 0 Å². The fraction of sp³-hybridized carbons (Fsp3) is 1.00. The van der Waals surface area contributed by atoms with Gasteiger partial charge in [-0.05, 0) is 82.3 Å². The van der Waals surface area contributed by atoms with E-state index < -0.39 is 0 Å². The quantitative estimate of drug-likeness (QED) is 0.592. The van der Waals surface area contributed by atoms with Gasteiger partial charge in [-0.1, -0.05) is 20.8 Å². The van der Waals surface area contributed by atoms with Crippen molar-refractivity contribution in [2.45, 2.75) is 40.0 Å². The Hall–Kier alpha value is 0. The lowest BCUT2D eigenvalue weighted by molar-refractivity contribution is -0.532. The van der Waals surface area contributed by atoms with E-state index in [1.54, 1.807) is 19.3 Å². The second kappa shape index (κ2) is 1.56. The van der Waals surface area contributed by atoms with Crippen molar-refractivity contribution in [1.29, 1.82) is 0 Å². The van der Waals surface area contributed by atoms with Crippen molar-refractivity contribution < 1.29 is 0 Å². The van der Waals surface area contributed by atoms with Crippen molar-refractivity contribution in [1.82, 2.24) is 0 Å². The summed E-state index contributed by atoms with van der Waals surface area (Å²) in [4.78, 5) is 0. The monoisotopic (exact) mass is 226 g/mol. The van der Waals surface area contributed by atoms with Gasteiger partial charge in [-0.15, -0.1) is 0 Å². The van der Waals surface area contributed by atoms with Crippen LogP contribution in [-0.2, 0) is 0 Å². The zero-order valence-electron chi connectivity index (χ0n) is 11.2. The lowest BCUT2D eigenvalue weighted by atomic mass is 9.04. The first-order valence-electron chi connectivity index (χ1n) is 8.08. The van der Waals surface area contributed by atoms with E-state index in [1.807, 2.05) is 0 Å². The van der Waals surface area contributed by atoms with E-state index in [0.29, 0.717) is 0 Å². The molecule has 0 bridgehead atoms. The van der Waals surface area contributed by atoms with Crippen LogP contribution in [0.25, 0.3) is 0 Å². The minimum Gasteiger partial charge on any atom is -0.0617 e. The summed E-state index contributed by atoms with van der Waals surface area (Å²) >= 11 is 0. The highest BCUT2D eigenvalue weighted by Gasteiger charge is 3.08. The second-order valence-corrected chi connectivity index (χ2v) is 9.45. The van der Waals surface area contributed by atoms with Crippen molar-refractivity contribution >= 4 is 0 Å². The van der Waals surface area contributed by atoms with Crippen LogP contribution in [0.15, 0.2) is 0 Å². The van der Waals surface area contributed by atoms with E-state index in [1.165, 1.54) is 35.5 Å². The van der Waals surface area contributed by atoms with Gasteiger partial charge < -0.3 is 0 Å². The van der Waals surface area contributed by atoms with Gasteiger partial charge in [0.05, 0.1) is 0 Å². The van der Waals surface area contributed by atoms with Gasteiger partial charge in [0.1, 0.15) is 0 Å². The van der Waals surface area contributed by atoms with Gasteiger partial charge in [0.2, 0.25) is 0 Å². The van der Waals surface area contributed by atoms with Crippen LogP contribution in [0.3, 0.4) is 0 Å². The maximum absolute atomic E-state index is 2.77. The van der Waals surface area contributed by atoms with E-state index in [9.17, 15) is 0 Å². The van der Waals surface area contributed by atoms with Crippen LogP contribution in [0.5, 0.6) is 0 Å². The molecule has 7 aliphatic rings. The van der Waals surface area contributed by atoms with Gasteiger partial charge in [0.15, 0.2) is 0 Å². The average molecular weight is 226 g/mol.